The molecule has 26 heavy (non-hydrogen) atoms. The molecule has 0 unspecified atom stereocenters. The predicted octanol–water partition coefficient (Wildman–Crippen LogP) is 4.77. The Bertz CT molecular complexity index is 377. The van der Waals surface area contributed by atoms with Crippen LogP contribution in [0.5, 0.6) is 0 Å². The molecule has 2 fully saturated rings. The van der Waals surface area contributed by atoms with E-state index in [1.54, 1.807) is 0 Å². The van der Waals surface area contributed by atoms with Crippen LogP contribution in [0.15, 0.2) is 12.2 Å². The first-order valence-corrected chi connectivity index (χ1v) is 11.8. The topological polar surface area (TPSA) is 52.5 Å². The summed E-state index contributed by atoms with van der Waals surface area (Å²) in [6.45, 7) is 4.45. The van der Waals surface area contributed by atoms with Gasteiger partial charge in [0.25, 0.3) is 0 Å². The minimum Gasteiger partial charge on any atom is -0.392 e. The molecule has 3 nitrogen and oxygen atoms in total. The van der Waals surface area contributed by atoms with Crippen molar-refractivity contribution in [1.82, 2.24) is 5.32 Å². The minimum atomic E-state index is -0.331. The zero-order chi connectivity index (χ0) is 19.4. The first kappa shape index (κ1) is 24.0. The van der Waals surface area contributed by atoms with Crippen molar-refractivity contribution in [2.45, 2.75) is 101 Å². The molecule has 1 aliphatic heterocycles. The summed E-state index contributed by atoms with van der Waals surface area (Å²) >= 11 is 2.13. The number of thioether (sulfide) groups is 1. The Morgan fingerprint density at radius 1 is 1.08 bits per heavy atom. The quantitative estimate of drug-likeness (QED) is 0.374. The molecular formula is C22H43NO2S. The Morgan fingerprint density at radius 2 is 1.73 bits per heavy atom. The summed E-state index contributed by atoms with van der Waals surface area (Å²) in [6, 6.07) is 0. The molecule has 3 N–H and O–H groups in total. The third-order valence-corrected chi connectivity index (χ3v) is 7.29. The summed E-state index contributed by atoms with van der Waals surface area (Å²) in [5.74, 6) is 0.894. The Labute approximate surface area is 166 Å². The fourth-order valence-electron chi connectivity index (χ4n) is 4.21. The van der Waals surface area contributed by atoms with Crippen molar-refractivity contribution in [3.63, 3.8) is 0 Å². The molecule has 1 heterocycles. The highest BCUT2D eigenvalue weighted by Gasteiger charge is 2.47. The van der Waals surface area contributed by atoms with Crippen molar-refractivity contribution in [3.8, 4) is 0 Å². The number of hydrogen-bond donors (Lipinski definition) is 3. The number of hydrogen-bond acceptors (Lipinski definition) is 4. The number of fused-ring (bicyclic) bond motifs is 1. The molecular weight excluding hydrogens is 342 g/mol. The second-order valence-corrected chi connectivity index (χ2v) is 9.56. The van der Waals surface area contributed by atoms with Gasteiger partial charge >= 0.3 is 0 Å². The molecule has 0 radical (unpaired) electrons. The lowest BCUT2D eigenvalue weighted by Crippen LogP contribution is -2.19. The van der Waals surface area contributed by atoms with Crippen LogP contribution >= 0.6 is 11.8 Å². The summed E-state index contributed by atoms with van der Waals surface area (Å²) in [7, 11) is 3.75. The van der Waals surface area contributed by atoms with Crippen molar-refractivity contribution in [3.05, 3.63) is 12.2 Å². The van der Waals surface area contributed by atoms with Crippen LogP contribution in [0.25, 0.3) is 0 Å². The predicted molar refractivity (Wildman–Crippen MR) is 116 cm³/mol. The minimum absolute atomic E-state index is 0.201. The van der Waals surface area contributed by atoms with Crippen LogP contribution in [0.1, 0.15) is 78.1 Å². The Morgan fingerprint density at radius 3 is 2.38 bits per heavy atom. The van der Waals surface area contributed by atoms with Crippen LogP contribution < -0.4 is 5.32 Å². The molecule has 0 bridgehead atoms. The van der Waals surface area contributed by atoms with Crippen LogP contribution in [0, 0.1) is 11.8 Å². The van der Waals surface area contributed by atoms with Gasteiger partial charge < -0.3 is 15.5 Å². The lowest BCUT2D eigenvalue weighted by molar-refractivity contribution is 0.138. The molecule has 2 aliphatic rings. The van der Waals surface area contributed by atoms with E-state index in [0.29, 0.717) is 11.2 Å². The lowest BCUT2D eigenvalue weighted by Gasteiger charge is -2.18. The van der Waals surface area contributed by atoms with Gasteiger partial charge in [0.1, 0.15) is 0 Å². The summed E-state index contributed by atoms with van der Waals surface area (Å²) in [5, 5.41) is 24.7. The molecule has 0 aromatic heterocycles. The van der Waals surface area contributed by atoms with Gasteiger partial charge in [-0.2, -0.15) is 11.8 Å². The van der Waals surface area contributed by atoms with Crippen molar-refractivity contribution >= 4 is 11.8 Å². The zero-order valence-electron chi connectivity index (χ0n) is 17.5. The second-order valence-electron chi connectivity index (χ2n) is 8.02. The molecule has 4 heteroatoms. The maximum Gasteiger partial charge on any atom is 0.0721 e. The summed E-state index contributed by atoms with van der Waals surface area (Å²) in [5.41, 5.74) is 0. The molecule has 0 aromatic rings. The van der Waals surface area contributed by atoms with E-state index in [1.807, 2.05) is 20.2 Å². The van der Waals surface area contributed by atoms with E-state index in [9.17, 15) is 10.2 Å². The second kappa shape index (κ2) is 14.0. The van der Waals surface area contributed by atoms with Crippen LogP contribution in [0.3, 0.4) is 0 Å². The van der Waals surface area contributed by atoms with Gasteiger partial charge in [-0.25, -0.2) is 0 Å². The Balaban J connectivity index is 0.00000105. The highest BCUT2D eigenvalue weighted by atomic mass is 32.2. The molecule has 1 saturated carbocycles. The zero-order valence-corrected chi connectivity index (χ0v) is 18.3. The lowest BCUT2D eigenvalue weighted by atomic mass is 9.89. The summed E-state index contributed by atoms with van der Waals surface area (Å²) in [4.78, 5) is 0. The van der Waals surface area contributed by atoms with Gasteiger partial charge in [-0.3, -0.25) is 0 Å². The molecule has 0 spiro atoms. The first-order valence-electron chi connectivity index (χ1n) is 10.9. The van der Waals surface area contributed by atoms with E-state index in [2.05, 4.69) is 37.0 Å². The van der Waals surface area contributed by atoms with E-state index in [0.717, 1.165) is 24.5 Å². The van der Waals surface area contributed by atoms with Gasteiger partial charge in [-0.1, -0.05) is 64.5 Å². The van der Waals surface area contributed by atoms with Gasteiger partial charge in [-0.15, -0.1) is 0 Å². The standard InChI is InChI=1S/C20H36O2S.C2H7N/c1-3-5-7-9-15(21)11-12-17-18-13-16(10-8-6-4-2)23-20(18)14-19(17)22;1-3-2/h11-12,15-22H,3-10,13-14H2,1-2H3;3H,1-2H3/t15-,16-,17+,18+,19+,20-;/m0./s1. The van der Waals surface area contributed by atoms with Gasteiger partial charge in [0.05, 0.1) is 12.2 Å². The molecule has 0 amide bonds. The maximum absolute atomic E-state index is 10.4. The summed E-state index contributed by atoms with van der Waals surface area (Å²) < 4.78 is 0. The van der Waals surface area contributed by atoms with Crippen molar-refractivity contribution in [2.75, 3.05) is 14.1 Å². The first-order chi connectivity index (χ1) is 12.6. The van der Waals surface area contributed by atoms with Gasteiger partial charge in [0.15, 0.2) is 0 Å². The average Bonchev–Trinajstić information content (AvgIpc) is 3.11. The van der Waals surface area contributed by atoms with Crippen LogP contribution in [-0.4, -0.2) is 47.0 Å². The van der Waals surface area contributed by atoms with Crippen molar-refractivity contribution in [1.29, 1.82) is 0 Å². The third-order valence-electron chi connectivity index (χ3n) is 5.58. The number of nitrogens with one attached hydrogen (secondary N) is 1. The maximum atomic E-state index is 10.4. The Kier molecular flexibility index (Phi) is 13.0. The van der Waals surface area contributed by atoms with Crippen LogP contribution in [-0.2, 0) is 0 Å². The van der Waals surface area contributed by atoms with E-state index in [-0.39, 0.29) is 18.1 Å². The fraction of sp³-hybridized carbons (Fsp3) is 0.909. The number of aliphatic hydroxyl groups is 2. The monoisotopic (exact) mass is 385 g/mol. The van der Waals surface area contributed by atoms with E-state index in [4.69, 9.17) is 0 Å². The molecule has 1 saturated heterocycles. The number of unbranched alkanes of at least 4 members (excludes halogenated alkanes) is 4. The largest absolute Gasteiger partial charge is 0.392 e. The Hall–Kier alpha value is -0.0300. The van der Waals surface area contributed by atoms with E-state index in [1.165, 1.54) is 44.9 Å². The number of rotatable bonds is 10. The van der Waals surface area contributed by atoms with Gasteiger partial charge in [0.2, 0.25) is 0 Å². The van der Waals surface area contributed by atoms with Crippen molar-refractivity contribution in [2.24, 2.45) is 11.8 Å². The van der Waals surface area contributed by atoms with Crippen LogP contribution in [0.2, 0.25) is 0 Å². The highest BCUT2D eigenvalue weighted by molar-refractivity contribution is 8.00. The molecule has 2 rings (SSSR count). The number of aliphatic hydroxyl groups excluding tert-OH is 2. The average molecular weight is 386 g/mol. The molecule has 6 atom stereocenters. The smallest absolute Gasteiger partial charge is 0.0721 e. The normalized spacial score (nSPS) is 31.7. The molecule has 154 valence electrons. The molecule has 0 aromatic carbocycles. The molecule has 1 aliphatic carbocycles. The fourth-order valence-corrected chi connectivity index (χ4v) is 6.14. The van der Waals surface area contributed by atoms with Gasteiger partial charge in [0, 0.05) is 16.4 Å². The highest BCUT2D eigenvalue weighted by Crippen LogP contribution is 2.52. The van der Waals surface area contributed by atoms with Crippen molar-refractivity contribution < 1.29 is 10.2 Å². The van der Waals surface area contributed by atoms with E-state index >= 15 is 0 Å². The van der Waals surface area contributed by atoms with Crippen LogP contribution in [0.4, 0.5) is 0 Å². The summed E-state index contributed by atoms with van der Waals surface area (Å²) in [6.07, 6.45) is 15.5. The van der Waals surface area contributed by atoms with Gasteiger partial charge in [-0.05, 0) is 45.7 Å². The third kappa shape index (κ3) is 8.33. The SMILES string of the molecule is CCCCC[C@H]1C[C@@H]2[C@@H](C=C[C@@H](O)CCCCC)[C@H](O)C[C@@H]2S1.CNC. The van der Waals surface area contributed by atoms with E-state index < -0.39 is 0 Å².